The first-order chi connectivity index (χ1) is 14.6. The summed E-state index contributed by atoms with van der Waals surface area (Å²) in [6, 6.07) is 20.7. The number of benzene rings is 3. The van der Waals surface area contributed by atoms with Gasteiger partial charge in [-0.15, -0.1) is 0 Å². The Morgan fingerprint density at radius 1 is 0.833 bits per heavy atom. The highest BCUT2D eigenvalue weighted by Crippen LogP contribution is 2.22. The molecule has 1 N–H and O–H groups in total. The van der Waals surface area contributed by atoms with E-state index in [0.29, 0.717) is 34.9 Å². The summed E-state index contributed by atoms with van der Waals surface area (Å²) in [5.74, 6) is 1.22. The molecule has 30 heavy (non-hydrogen) atoms. The van der Waals surface area contributed by atoms with Crippen LogP contribution in [0.1, 0.15) is 27.6 Å². The van der Waals surface area contributed by atoms with Crippen molar-refractivity contribution >= 4 is 17.4 Å². The Hall–Kier alpha value is -3.80. The number of rotatable bonds is 9. The van der Waals surface area contributed by atoms with Crippen LogP contribution in [0.2, 0.25) is 0 Å². The Bertz CT molecular complexity index is 997. The molecule has 0 atom stereocenters. The molecule has 0 unspecified atom stereocenters. The number of nitrogens with one attached hydrogen (secondary N) is 1. The van der Waals surface area contributed by atoms with Crippen LogP contribution in [0.4, 0.5) is 5.69 Å². The number of carbonyl (C=O) groups is 2. The molecule has 0 aliphatic carbocycles. The largest absolute Gasteiger partial charge is 0.497 e. The Balaban J connectivity index is 1.65. The Labute approximate surface area is 175 Å². The first kappa shape index (κ1) is 20.9. The summed E-state index contributed by atoms with van der Waals surface area (Å²) in [6.45, 7) is 2.30. The highest BCUT2D eigenvalue weighted by atomic mass is 16.5. The molecule has 0 aromatic heterocycles. The maximum Gasteiger partial charge on any atom is 0.259 e. The van der Waals surface area contributed by atoms with Gasteiger partial charge < -0.3 is 19.5 Å². The van der Waals surface area contributed by atoms with Crippen molar-refractivity contribution in [2.75, 3.05) is 25.6 Å². The molecule has 0 heterocycles. The predicted molar refractivity (Wildman–Crippen MR) is 115 cm³/mol. The van der Waals surface area contributed by atoms with E-state index in [2.05, 4.69) is 5.32 Å². The van der Waals surface area contributed by atoms with Crippen LogP contribution in [0.15, 0.2) is 72.8 Å². The quantitative estimate of drug-likeness (QED) is 0.527. The minimum atomic E-state index is -0.327. The summed E-state index contributed by atoms with van der Waals surface area (Å²) in [7, 11) is 1.56. The van der Waals surface area contributed by atoms with E-state index in [-0.39, 0.29) is 18.3 Å². The Morgan fingerprint density at radius 3 is 2.17 bits per heavy atom. The standard InChI is InChI=1S/C24H23NO5/c1-3-29-20-14-10-18(11-15-20)25-24(27)21-6-4-5-7-23(21)30-16-22(26)17-8-12-19(28-2)13-9-17/h4-15H,3,16H2,1-2H3,(H,25,27). The average Bonchev–Trinajstić information content (AvgIpc) is 2.79. The number of ketones is 1. The van der Waals surface area contributed by atoms with Crippen LogP contribution in [0.25, 0.3) is 0 Å². The normalized spacial score (nSPS) is 10.2. The zero-order valence-corrected chi connectivity index (χ0v) is 16.9. The minimum Gasteiger partial charge on any atom is -0.497 e. The maximum absolute atomic E-state index is 12.7. The number of Topliss-reactive ketones (excluding diaryl/α,β-unsaturated/α-hetero) is 1. The first-order valence-corrected chi connectivity index (χ1v) is 9.54. The number of para-hydroxylation sites is 1. The Kier molecular flexibility index (Phi) is 7.05. The summed E-state index contributed by atoms with van der Waals surface area (Å²) in [5, 5.41) is 2.83. The molecule has 0 spiro atoms. The molecule has 3 aromatic rings. The summed E-state index contributed by atoms with van der Waals surface area (Å²) >= 11 is 0. The number of hydrogen-bond donors (Lipinski definition) is 1. The van der Waals surface area contributed by atoms with Crippen LogP contribution in [-0.4, -0.2) is 32.0 Å². The summed E-state index contributed by atoms with van der Waals surface area (Å²) in [6.07, 6.45) is 0. The summed E-state index contributed by atoms with van der Waals surface area (Å²) in [4.78, 5) is 25.1. The van der Waals surface area contributed by atoms with Crippen LogP contribution >= 0.6 is 0 Å². The average molecular weight is 405 g/mol. The van der Waals surface area contributed by atoms with Crippen LogP contribution in [-0.2, 0) is 0 Å². The van der Waals surface area contributed by atoms with E-state index in [9.17, 15) is 9.59 Å². The lowest BCUT2D eigenvalue weighted by atomic mass is 10.1. The number of carbonyl (C=O) groups excluding carboxylic acids is 2. The van der Waals surface area contributed by atoms with Gasteiger partial charge in [0.05, 0.1) is 19.3 Å². The number of ether oxygens (including phenoxy) is 3. The van der Waals surface area contributed by atoms with Crippen molar-refractivity contribution in [2.45, 2.75) is 6.92 Å². The van der Waals surface area contributed by atoms with Crippen molar-refractivity contribution in [3.63, 3.8) is 0 Å². The molecule has 0 saturated heterocycles. The monoisotopic (exact) mass is 405 g/mol. The Morgan fingerprint density at radius 2 is 1.50 bits per heavy atom. The molecule has 0 radical (unpaired) electrons. The van der Waals surface area contributed by atoms with Gasteiger partial charge in [0.25, 0.3) is 5.91 Å². The molecule has 0 aliphatic heterocycles. The van der Waals surface area contributed by atoms with Gasteiger partial charge in [-0.25, -0.2) is 0 Å². The van der Waals surface area contributed by atoms with Crippen molar-refractivity contribution in [3.8, 4) is 17.2 Å². The predicted octanol–water partition coefficient (Wildman–Crippen LogP) is 4.61. The fourth-order valence-electron chi connectivity index (χ4n) is 2.78. The third-order valence-corrected chi connectivity index (χ3v) is 4.33. The summed E-state index contributed by atoms with van der Waals surface area (Å²) in [5.41, 5.74) is 1.48. The third-order valence-electron chi connectivity index (χ3n) is 4.33. The van der Waals surface area contributed by atoms with Gasteiger partial charge in [-0.2, -0.15) is 0 Å². The fourth-order valence-corrected chi connectivity index (χ4v) is 2.78. The first-order valence-electron chi connectivity index (χ1n) is 9.54. The molecule has 6 nitrogen and oxygen atoms in total. The number of methoxy groups -OCH3 is 1. The van der Waals surface area contributed by atoms with Crippen molar-refractivity contribution in [3.05, 3.63) is 83.9 Å². The molecule has 3 rings (SSSR count). The fraction of sp³-hybridized carbons (Fsp3) is 0.167. The zero-order chi connectivity index (χ0) is 21.3. The second-order valence-electron chi connectivity index (χ2n) is 6.35. The molecule has 3 aromatic carbocycles. The molecule has 6 heteroatoms. The van der Waals surface area contributed by atoms with Gasteiger partial charge in [-0.05, 0) is 67.6 Å². The van der Waals surface area contributed by atoms with E-state index in [1.165, 1.54) is 0 Å². The van der Waals surface area contributed by atoms with Gasteiger partial charge >= 0.3 is 0 Å². The van der Waals surface area contributed by atoms with Gasteiger partial charge in [-0.3, -0.25) is 9.59 Å². The highest BCUT2D eigenvalue weighted by Gasteiger charge is 2.14. The smallest absolute Gasteiger partial charge is 0.259 e. The van der Waals surface area contributed by atoms with E-state index in [1.54, 1.807) is 79.9 Å². The van der Waals surface area contributed by atoms with Crippen molar-refractivity contribution < 1.29 is 23.8 Å². The van der Waals surface area contributed by atoms with Gasteiger partial charge in [0.15, 0.2) is 12.4 Å². The molecule has 154 valence electrons. The van der Waals surface area contributed by atoms with Gasteiger partial charge in [0.2, 0.25) is 0 Å². The molecule has 1 amide bonds. The van der Waals surface area contributed by atoms with E-state index in [4.69, 9.17) is 14.2 Å². The second kappa shape index (κ2) is 10.1. The third kappa shape index (κ3) is 5.38. The van der Waals surface area contributed by atoms with E-state index >= 15 is 0 Å². The van der Waals surface area contributed by atoms with Crippen LogP contribution in [0.5, 0.6) is 17.2 Å². The topological polar surface area (TPSA) is 73.9 Å². The van der Waals surface area contributed by atoms with Crippen molar-refractivity contribution in [1.29, 1.82) is 0 Å². The molecule has 0 aliphatic rings. The lowest BCUT2D eigenvalue weighted by Gasteiger charge is -2.12. The highest BCUT2D eigenvalue weighted by molar-refractivity contribution is 6.06. The number of anilines is 1. The van der Waals surface area contributed by atoms with Crippen molar-refractivity contribution in [2.24, 2.45) is 0 Å². The van der Waals surface area contributed by atoms with Crippen LogP contribution < -0.4 is 19.5 Å². The number of hydrogen-bond acceptors (Lipinski definition) is 5. The SMILES string of the molecule is CCOc1ccc(NC(=O)c2ccccc2OCC(=O)c2ccc(OC)cc2)cc1. The van der Waals surface area contributed by atoms with E-state index in [1.807, 2.05) is 6.92 Å². The van der Waals surface area contributed by atoms with Gasteiger partial charge in [0, 0.05) is 11.3 Å². The van der Waals surface area contributed by atoms with E-state index < -0.39 is 0 Å². The van der Waals surface area contributed by atoms with Crippen LogP contribution in [0.3, 0.4) is 0 Å². The number of amides is 1. The van der Waals surface area contributed by atoms with Crippen molar-refractivity contribution in [1.82, 2.24) is 0 Å². The van der Waals surface area contributed by atoms with E-state index in [0.717, 1.165) is 5.75 Å². The summed E-state index contributed by atoms with van der Waals surface area (Å²) < 4.78 is 16.2. The van der Waals surface area contributed by atoms with Gasteiger partial charge in [-0.1, -0.05) is 12.1 Å². The zero-order valence-electron chi connectivity index (χ0n) is 16.9. The van der Waals surface area contributed by atoms with Crippen LogP contribution in [0, 0.1) is 0 Å². The molecule has 0 fully saturated rings. The molecule has 0 saturated carbocycles. The second-order valence-corrected chi connectivity index (χ2v) is 6.35. The minimum absolute atomic E-state index is 0.181. The molecular weight excluding hydrogens is 382 g/mol. The molecule has 0 bridgehead atoms. The van der Waals surface area contributed by atoms with Gasteiger partial charge in [0.1, 0.15) is 17.2 Å². The maximum atomic E-state index is 12.7. The lowest BCUT2D eigenvalue weighted by Crippen LogP contribution is -2.16. The molecular formula is C24H23NO5. The lowest BCUT2D eigenvalue weighted by molar-refractivity contribution is 0.0914.